The van der Waals surface area contributed by atoms with Crippen LogP contribution in [-0.2, 0) is 6.54 Å². The van der Waals surface area contributed by atoms with Crippen LogP contribution in [0.4, 0.5) is 11.8 Å². The summed E-state index contributed by atoms with van der Waals surface area (Å²) in [5.74, 6) is 1.22. The summed E-state index contributed by atoms with van der Waals surface area (Å²) in [6, 6.07) is 19.9. The highest BCUT2D eigenvalue weighted by Gasteiger charge is 2.09. The number of aliphatic hydroxyl groups is 1. The molecule has 6 heteroatoms. The van der Waals surface area contributed by atoms with Gasteiger partial charge in [-0.25, -0.2) is 4.98 Å². The number of aliphatic hydroxyl groups excluding tert-OH is 1. The van der Waals surface area contributed by atoms with Gasteiger partial charge < -0.3 is 15.7 Å². The van der Waals surface area contributed by atoms with Crippen molar-refractivity contribution in [2.24, 2.45) is 0 Å². The van der Waals surface area contributed by atoms with Crippen LogP contribution in [0, 0.1) is 0 Å². The molecule has 1 atom stereocenters. The number of rotatable bonds is 7. The van der Waals surface area contributed by atoms with E-state index in [-0.39, 0.29) is 12.6 Å². The minimum Gasteiger partial charge on any atom is -0.394 e. The second kappa shape index (κ2) is 8.78. The Balaban J connectivity index is 1.85. The molecule has 0 saturated heterocycles. The summed E-state index contributed by atoms with van der Waals surface area (Å²) in [7, 11) is 0. The molecule has 0 amide bonds. The van der Waals surface area contributed by atoms with E-state index < -0.39 is 0 Å². The fraction of sp³-hybridized carbons (Fsp3) is 0.200. The van der Waals surface area contributed by atoms with Crippen LogP contribution in [0.15, 0.2) is 65.1 Å². The lowest BCUT2D eigenvalue weighted by Gasteiger charge is -2.14. The van der Waals surface area contributed by atoms with E-state index in [2.05, 4.69) is 48.7 Å². The zero-order valence-corrected chi connectivity index (χ0v) is 16.1. The normalized spacial score (nSPS) is 11.8. The van der Waals surface area contributed by atoms with Gasteiger partial charge in [-0.1, -0.05) is 58.4 Å². The predicted octanol–water partition coefficient (Wildman–Crippen LogP) is 4.31. The molecular formula is C20H21BrN4O. The third-order valence-corrected chi connectivity index (χ3v) is 4.36. The third kappa shape index (κ3) is 5.03. The van der Waals surface area contributed by atoms with Gasteiger partial charge in [-0.2, -0.15) is 4.98 Å². The molecule has 0 radical (unpaired) electrons. The molecule has 0 spiro atoms. The summed E-state index contributed by atoms with van der Waals surface area (Å²) in [6.45, 7) is 2.56. The maximum absolute atomic E-state index is 9.29. The smallest absolute Gasteiger partial charge is 0.225 e. The molecule has 3 N–H and O–H groups in total. The van der Waals surface area contributed by atoms with Crippen molar-refractivity contribution in [3.05, 3.63) is 70.7 Å². The standard InChI is InChI=1S/C20H21BrN4O/c1-14(13-26)23-20-24-18(16-5-3-2-4-6-16)11-19(25-20)22-12-15-7-9-17(21)10-8-15/h2-11,14,26H,12-13H2,1H3,(H2,22,23,24,25)/t14-/m1/s1. The van der Waals surface area contributed by atoms with E-state index in [0.717, 1.165) is 27.1 Å². The number of hydrogen-bond acceptors (Lipinski definition) is 5. The Morgan fingerprint density at radius 2 is 1.77 bits per heavy atom. The Hall–Kier alpha value is -2.44. The van der Waals surface area contributed by atoms with Crippen LogP contribution in [0.2, 0.25) is 0 Å². The Bertz CT molecular complexity index is 840. The number of hydrogen-bond donors (Lipinski definition) is 3. The first kappa shape index (κ1) is 18.4. The molecule has 2 aromatic carbocycles. The van der Waals surface area contributed by atoms with Crippen molar-refractivity contribution in [1.29, 1.82) is 0 Å². The first-order valence-electron chi connectivity index (χ1n) is 8.44. The largest absolute Gasteiger partial charge is 0.394 e. The summed E-state index contributed by atoms with van der Waals surface area (Å²) in [5.41, 5.74) is 3.00. The molecule has 0 aliphatic carbocycles. The van der Waals surface area contributed by atoms with Gasteiger partial charge in [0, 0.05) is 28.7 Å². The van der Waals surface area contributed by atoms with Crippen LogP contribution in [0.25, 0.3) is 11.3 Å². The molecule has 5 nitrogen and oxygen atoms in total. The van der Waals surface area contributed by atoms with Crippen molar-refractivity contribution in [3.8, 4) is 11.3 Å². The van der Waals surface area contributed by atoms with Crippen LogP contribution >= 0.6 is 15.9 Å². The molecule has 0 bridgehead atoms. The summed E-state index contributed by atoms with van der Waals surface area (Å²) in [4.78, 5) is 9.10. The Labute approximate surface area is 161 Å². The zero-order valence-electron chi connectivity index (χ0n) is 14.5. The van der Waals surface area contributed by atoms with E-state index in [9.17, 15) is 5.11 Å². The molecule has 3 aromatic rings. The molecule has 0 aliphatic rings. The Morgan fingerprint density at radius 1 is 1.04 bits per heavy atom. The van der Waals surface area contributed by atoms with E-state index in [1.165, 1.54) is 0 Å². The number of aromatic nitrogens is 2. The van der Waals surface area contributed by atoms with Gasteiger partial charge in [0.2, 0.25) is 5.95 Å². The van der Waals surface area contributed by atoms with Gasteiger partial charge >= 0.3 is 0 Å². The molecule has 0 saturated carbocycles. The molecule has 134 valence electrons. The summed E-state index contributed by atoms with van der Waals surface area (Å²) in [5, 5.41) is 15.8. The van der Waals surface area contributed by atoms with Crippen molar-refractivity contribution >= 4 is 27.7 Å². The molecule has 0 aliphatic heterocycles. The van der Waals surface area contributed by atoms with Gasteiger partial charge in [0.15, 0.2) is 0 Å². The SMILES string of the molecule is C[C@H](CO)Nc1nc(NCc2ccc(Br)cc2)cc(-c2ccccc2)n1. The average Bonchev–Trinajstić information content (AvgIpc) is 2.68. The molecular weight excluding hydrogens is 392 g/mol. The highest BCUT2D eigenvalue weighted by atomic mass is 79.9. The van der Waals surface area contributed by atoms with Crippen LogP contribution in [0.3, 0.4) is 0 Å². The second-order valence-electron chi connectivity index (χ2n) is 6.04. The molecule has 26 heavy (non-hydrogen) atoms. The maximum atomic E-state index is 9.29. The number of benzene rings is 2. The van der Waals surface area contributed by atoms with Gasteiger partial charge in [0.25, 0.3) is 0 Å². The van der Waals surface area contributed by atoms with Crippen molar-refractivity contribution in [1.82, 2.24) is 9.97 Å². The van der Waals surface area contributed by atoms with Crippen LogP contribution in [-0.4, -0.2) is 27.7 Å². The second-order valence-corrected chi connectivity index (χ2v) is 6.95. The first-order chi connectivity index (χ1) is 12.6. The van der Waals surface area contributed by atoms with Crippen LogP contribution < -0.4 is 10.6 Å². The molecule has 0 unspecified atom stereocenters. The van der Waals surface area contributed by atoms with Crippen molar-refractivity contribution < 1.29 is 5.11 Å². The monoisotopic (exact) mass is 412 g/mol. The third-order valence-electron chi connectivity index (χ3n) is 3.83. The highest BCUT2D eigenvalue weighted by Crippen LogP contribution is 2.22. The van der Waals surface area contributed by atoms with Crippen molar-refractivity contribution in [2.75, 3.05) is 17.2 Å². The first-order valence-corrected chi connectivity index (χ1v) is 9.23. The average molecular weight is 413 g/mol. The number of halogens is 1. The van der Waals surface area contributed by atoms with E-state index in [4.69, 9.17) is 0 Å². The Kier molecular flexibility index (Phi) is 6.20. The summed E-state index contributed by atoms with van der Waals surface area (Å²) in [6.07, 6.45) is 0. The van der Waals surface area contributed by atoms with Crippen LogP contribution in [0.5, 0.6) is 0 Å². The van der Waals surface area contributed by atoms with E-state index in [1.54, 1.807) is 0 Å². The summed E-state index contributed by atoms with van der Waals surface area (Å²) < 4.78 is 1.05. The topological polar surface area (TPSA) is 70.1 Å². The number of nitrogens with one attached hydrogen (secondary N) is 2. The lowest BCUT2D eigenvalue weighted by molar-refractivity contribution is 0.281. The quantitative estimate of drug-likeness (QED) is 0.539. The van der Waals surface area contributed by atoms with Crippen molar-refractivity contribution in [3.63, 3.8) is 0 Å². The van der Waals surface area contributed by atoms with E-state index >= 15 is 0 Å². The minimum absolute atomic E-state index is 0.0145. The lowest BCUT2D eigenvalue weighted by atomic mass is 10.1. The van der Waals surface area contributed by atoms with Gasteiger partial charge in [-0.05, 0) is 24.6 Å². The fourth-order valence-corrected chi connectivity index (χ4v) is 2.68. The van der Waals surface area contributed by atoms with Gasteiger partial charge in [-0.3, -0.25) is 0 Å². The zero-order chi connectivity index (χ0) is 18.4. The van der Waals surface area contributed by atoms with Crippen molar-refractivity contribution in [2.45, 2.75) is 19.5 Å². The van der Waals surface area contributed by atoms with Gasteiger partial charge in [0.1, 0.15) is 5.82 Å². The van der Waals surface area contributed by atoms with Crippen LogP contribution in [0.1, 0.15) is 12.5 Å². The number of anilines is 2. The highest BCUT2D eigenvalue weighted by molar-refractivity contribution is 9.10. The number of nitrogens with zero attached hydrogens (tertiary/aromatic N) is 2. The molecule has 1 heterocycles. The predicted molar refractivity (Wildman–Crippen MR) is 109 cm³/mol. The fourth-order valence-electron chi connectivity index (χ4n) is 2.42. The van der Waals surface area contributed by atoms with Gasteiger partial charge in [0.05, 0.1) is 12.3 Å². The van der Waals surface area contributed by atoms with Gasteiger partial charge in [-0.15, -0.1) is 0 Å². The van der Waals surface area contributed by atoms with E-state index in [1.807, 2.05) is 55.5 Å². The maximum Gasteiger partial charge on any atom is 0.225 e. The summed E-state index contributed by atoms with van der Waals surface area (Å²) >= 11 is 3.45. The molecule has 3 rings (SSSR count). The molecule has 0 fully saturated rings. The van der Waals surface area contributed by atoms with E-state index in [0.29, 0.717) is 12.5 Å². The molecule has 1 aromatic heterocycles. The minimum atomic E-state index is -0.125. The Morgan fingerprint density at radius 3 is 2.46 bits per heavy atom. The lowest BCUT2D eigenvalue weighted by Crippen LogP contribution is -2.21.